The predicted octanol–water partition coefficient (Wildman–Crippen LogP) is 2.80. The van der Waals surface area contributed by atoms with Gasteiger partial charge >= 0.3 is 0 Å². The van der Waals surface area contributed by atoms with E-state index in [9.17, 15) is 4.79 Å². The second kappa shape index (κ2) is 5.36. The quantitative estimate of drug-likeness (QED) is 0.845. The molecule has 1 aromatic heterocycles. The summed E-state index contributed by atoms with van der Waals surface area (Å²) in [5, 5.41) is 6.81. The number of benzene rings is 1. The summed E-state index contributed by atoms with van der Waals surface area (Å²) in [4.78, 5) is 12.8. The maximum Gasteiger partial charge on any atom is 0.269 e. The van der Waals surface area contributed by atoms with Crippen LogP contribution in [0.15, 0.2) is 18.2 Å². The number of anilines is 2. The number of amides is 1. The monoisotopic (exact) mass is 276 g/mol. The molecule has 1 heterocycles. The van der Waals surface area contributed by atoms with E-state index in [4.69, 9.17) is 5.73 Å². The van der Waals surface area contributed by atoms with Gasteiger partial charge in [-0.1, -0.05) is 24.4 Å². The first-order valence-electron chi connectivity index (χ1n) is 5.98. The molecule has 0 spiro atoms. The molecule has 100 valence electrons. The second-order valence-electron chi connectivity index (χ2n) is 4.69. The molecule has 0 fully saturated rings. The number of hydrogen-bond acceptors (Lipinski definition) is 5. The van der Waals surface area contributed by atoms with Crippen molar-refractivity contribution in [3.63, 3.8) is 0 Å². The molecule has 0 bridgehead atoms. The first-order chi connectivity index (χ1) is 8.99. The minimum atomic E-state index is -0.212. The molecule has 6 heteroatoms. The van der Waals surface area contributed by atoms with Gasteiger partial charge in [0.15, 0.2) is 0 Å². The summed E-state index contributed by atoms with van der Waals surface area (Å²) in [5.74, 6) is -0.0506. The van der Waals surface area contributed by atoms with Crippen LogP contribution in [0.5, 0.6) is 0 Å². The van der Waals surface area contributed by atoms with Gasteiger partial charge in [0.25, 0.3) is 5.91 Å². The van der Waals surface area contributed by atoms with Crippen LogP contribution in [0.1, 0.15) is 40.7 Å². The van der Waals surface area contributed by atoms with Gasteiger partial charge in [0.05, 0.1) is 17.1 Å². The number of nitrogens with zero attached hydrogens (tertiary/aromatic N) is 2. The number of aryl methyl sites for hydroxylation is 1. The highest BCUT2D eigenvalue weighted by Gasteiger charge is 2.19. The van der Waals surface area contributed by atoms with Crippen molar-refractivity contribution in [2.45, 2.75) is 26.7 Å². The fourth-order valence-electron chi connectivity index (χ4n) is 1.69. The Labute approximate surface area is 116 Å². The first-order valence-corrected chi connectivity index (χ1v) is 6.76. The number of aromatic nitrogens is 2. The van der Waals surface area contributed by atoms with E-state index in [1.165, 1.54) is 0 Å². The van der Waals surface area contributed by atoms with Gasteiger partial charge < -0.3 is 11.1 Å². The van der Waals surface area contributed by atoms with Crippen LogP contribution < -0.4 is 11.1 Å². The Morgan fingerprint density at radius 3 is 2.84 bits per heavy atom. The summed E-state index contributed by atoms with van der Waals surface area (Å²) < 4.78 is 3.85. The molecule has 19 heavy (non-hydrogen) atoms. The summed E-state index contributed by atoms with van der Waals surface area (Å²) in [6.07, 6.45) is 0. The van der Waals surface area contributed by atoms with Crippen LogP contribution in [-0.2, 0) is 0 Å². The summed E-state index contributed by atoms with van der Waals surface area (Å²) in [6, 6.07) is 5.52. The molecule has 1 aromatic carbocycles. The summed E-state index contributed by atoms with van der Waals surface area (Å²) in [5.41, 5.74) is 8.76. The number of nitrogen functional groups attached to an aromatic ring is 1. The van der Waals surface area contributed by atoms with Crippen LogP contribution in [0, 0.1) is 6.92 Å². The van der Waals surface area contributed by atoms with Crippen molar-refractivity contribution in [3.8, 4) is 0 Å². The summed E-state index contributed by atoms with van der Waals surface area (Å²) >= 11 is 1.10. The Kier molecular flexibility index (Phi) is 3.80. The zero-order valence-corrected chi connectivity index (χ0v) is 11.9. The van der Waals surface area contributed by atoms with Gasteiger partial charge in [-0.05, 0) is 42.1 Å². The van der Waals surface area contributed by atoms with Crippen LogP contribution in [0.4, 0.5) is 11.4 Å². The van der Waals surface area contributed by atoms with Gasteiger partial charge in [0, 0.05) is 0 Å². The molecule has 0 radical (unpaired) electrons. The highest BCUT2D eigenvalue weighted by molar-refractivity contribution is 7.08. The van der Waals surface area contributed by atoms with Crippen molar-refractivity contribution in [2.75, 3.05) is 11.1 Å². The van der Waals surface area contributed by atoms with Crippen LogP contribution in [-0.4, -0.2) is 15.5 Å². The Bertz CT molecular complexity index is 606. The lowest BCUT2D eigenvalue weighted by molar-refractivity contribution is 0.102. The van der Waals surface area contributed by atoms with E-state index in [1.807, 2.05) is 32.9 Å². The Morgan fingerprint density at radius 1 is 1.42 bits per heavy atom. The SMILES string of the molecule is Cc1ccc(N)c(NC(=O)c2snnc2C(C)C)c1. The molecule has 1 amide bonds. The third kappa shape index (κ3) is 2.90. The van der Waals surface area contributed by atoms with Crippen molar-refractivity contribution in [1.29, 1.82) is 0 Å². The molecule has 0 aliphatic carbocycles. The summed E-state index contributed by atoms with van der Waals surface area (Å²) in [6.45, 7) is 5.91. The van der Waals surface area contributed by atoms with E-state index in [0.717, 1.165) is 17.1 Å². The van der Waals surface area contributed by atoms with Crippen LogP contribution in [0.25, 0.3) is 0 Å². The maximum atomic E-state index is 12.2. The highest BCUT2D eigenvalue weighted by atomic mass is 32.1. The van der Waals surface area contributed by atoms with E-state index < -0.39 is 0 Å². The zero-order chi connectivity index (χ0) is 14.0. The predicted molar refractivity (Wildman–Crippen MR) is 77.5 cm³/mol. The molecule has 2 aromatic rings. The number of carbonyl (C=O) groups excluding carboxylic acids is 1. The Morgan fingerprint density at radius 2 is 2.16 bits per heavy atom. The van der Waals surface area contributed by atoms with Gasteiger partial charge in [0.1, 0.15) is 4.88 Å². The van der Waals surface area contributed by atoms with Gasteiger partial charge in [-0.25, -0.2) is 0 Å². The third-order valence-electron chi connectivity index (χ3n) is 2.72. The average Bonchev–Trinajstić information content (AvgIpc) is 2.83. The molecule has 0 aliphatic heterocycles. The highest BCUT2D eigenvalue weighted by Crippen LogP contribution is 2.24. The van der Waals surface area contributed by atoms with E-state index >= 15 is 0 Å². The van der Waals surface area contributed by atoms with Crippen LogP contribution in [0.2, 0.25) is 0 Å². The van der Waals surface area contributed by atoms with Gasteiger partial charge in [-0.15, -0.1) is 5.10 Å². The summed E-state index contributed by atoms with van der Waals surface area (Å²) in [7, 11) is 0. The largest absolute Gasteiger partial charge is 0.397 e. The molecular weight excluding hydrogens is 260 g/mol. The number of carbonyl (C=O) groups is 1. The number of hydrogen-bond donors (Lipinski definition) is 2. The molecule has 2 rings (SSSR count). The fraction of sp³-hybridized carbons (Fsp3) is 0.308. The third-order valence-corrected chi connectivity index (χ3v) is 3.46. The van der Waals surface area contributed by atoms with Crippen LogP contribution in [0.3, 0.4) is 0 Å². The van der Waals surface area contributed by atoms with Crippen molar-refractivity contribution >= 4 is 28.8 Å². The standard InChI is InChI=1S/C13H16N4OS/c1-7(2)11-12(19-17-16-11)13(18)15-10-6-8(3)4-5-9(10)14/h4-7H,14H2,1-3H3,(H,15,18). The normalized spacial score (nSPS) is 10.7. The van der Waals surface area contributed by atoms with Gasteiger partial charge in [0.2, 0.25) is 0 Å². The molecule has 0 saturated carbocycles. The number of rotatable bonds is 3. The number of nitrogens with one attached hydrogen (secondary N) is 1. The molecule has 5 nitrogen and oxygen atoms in total. The van der Waals surface area contributed by atoms with Crippen molar-refractivity contribution in [2.24, 2.45) is 0 Å². The topological polar surface area (TPSA) is 80.9 Å². The molecule has 3 N–H and O–H groups in total. The first kappa shape index (κ1) is 13.5. The molecule has 0 atom stereocenters. The molecule has 0 saturated heterocycles. The van der Waals surface area contributed by atoms with E-state index in [1.54, 1.807) is 6.07 Å². The lowest BCUT2D eigenvalue weighted by atomic mass is 10.1. The minimum absolute atomic E-state index is 0.161. The van der Waals surface area contributed by atoms with Crippen molar-refractivity contribution in [1.82, 2.24) is 9.59 Å². The lowest BCUT2D eigenvalue weighted by Crippen LogP contribution is -2.14. The smallest absolute Gasteiger partial charge is 0.269 e. The van der Waals surface area contributed by atoms with E-state index in [-0.39, 0.29) is 11.8 Å². The molecule has 0 unspecified atom stereocenters. The molecular formula is C13H16N4OS. The molecule has 0 aliphatic rings. The minimum Gasteiger partial charge on any atom is -0.397 e. The van der Waals surface area contributed by atoms with E-state index in [2.05, 4.69) is 14.9 Å². The van der Waals surface area contributed by atoms with Crippen molar-refractivity contribution < 1.29 is 4.79 Å². The van der Waals surface area contributed by atoms with Gasteiger partial charge in [-0.3, -0.25) is 4.79 Å². The van der Waals surface area contributed by atoms with E-state index in [0.29, 0.717) is 21.9 Å². The zero-order valence-electron chi connectivity index (χ0n) is 11.1. The van der Waals surface area contributed by atoms with Gasteiger partial charge in [-0.2, -0.15) is 0 Å². The Hall–Kier alpha value is -1.95. The lowest BCUT2D eigenvalue weighted by Gasteiger charge is -2.09. The van der Waals surface area contributed by atoms with Crippen molar-refractivity contribution in [3.05, 3.63) is 34.3 Å². The average molecular weight is 276 g/mol. The maximum absolute atomic E-state index is 12.2. The fourth-order valence-corrected chi connectivity index (χ4v) is 2.40. The Balaban J connectivity index is 2.26. The second-order valence-corrected chi connectivity index (χ2v) is 5.44. The van der Waals surface area contributed by atoms with Crippen LogP contribution >= 0.6 is 11.5 Å². The number of nitrogens with two attached hydrogens (primary N) is 1.